The van der Waals surface area contributed by atoms with Gasteiger partial charge in [0.15, 0.2) is 5.82 Å². The Morgan fingerprint density at radius 2 is 1.90 bits per heavy atom. The van der Waals surface area contributed by atoms with Crippen LogP contribution in [0.25, 0.3) is 0 Å². The predicted octanol–water partition coefficient (Wildman–Crippen LogP) is 3.81. The molecule has 0 fully saturated rings. The van der Waals surface area contributed by atoms with Crippen LogP contribution in [0.5, 0.6) is 5.75 Å². The summed E-state index contributed by atoms with van der Waals surface area (Å²) >= 11 is 1.42. The molecule has 0 radical (unpaired) electrons. The smallest absolute Gasteiger partial charge is 0.240 e. The van der Waals surface area contributed by atoms with Crippen molar-refractivity contribution in [3.8, 4) is 5.75 Å². The summed E-state index contributed by atoms with van der Waals surface area (Å²) in [6.45, 7) is 4.17. The van der Waals surface area contributed by atoms with Gasteiger partial charge in [0.1, 0.15) is 11.0 Å². The van der Waals surface area contributed by atoms with E-state index in [4.69, 9.17) is 4.74 Å². The number of nitrogens with one attached hydrogen (secondary N) is 2. The highest BCUT2D eigenvalue weighted by atomic mass is 32.2. The van der Waals surface area contributed by atoms with Gasteiger partial charge in [-0.2, -0.15) is 0 Å². The number of rotatable bonds is 6. The summed E-state index contributed by atoms with van der Waals surface area (Å²) in [6, 6.07) is 15.6. The fourth-order valence-electron chi connectivity index (χ4n) is 3.49. The number of thioether (sulfide) groups is 1. The number of aromatic nitrogens is 3. The van der Waals surface area contributed by atoms with Crippen molar-refractivity contribution in [3.63, 3.8) is 0 Å². The predicted molar refractivity (Wildman–Crippen MR) is 119 cm³/mol. The van der Waals surface area contributed by atoms with Gasteiger partial charge in [-0.1, -0.05) is 62.0 Å². The molecule has 0 spiro atoms. The number of carbonyl (C=O) groups is 1. The lowest BCUT2D eigenvalue weighted by Crippen LogP contribution is -2.41. The Bertz CT molecular complexity index is 1030. The van der Waals surface area contributed by atoms with E-state index in [1.54, 1.807) is 7.11 Å². The molecule has 156 valence electrons. The van der Waals surface area contributed by atoms with Gasteiger partial charge in [0.2, 0.25) is 11.1 Å². The monoisotopic (exact) mass is 423 g/mol. The van der Waals surface area contributed by atoms with Crippen LogP contribution in [-0.2, 0) is 17.6 Å². The zero-order valence-corrected chi connectivity index (χ0v) is 18.1. The highest BCUT2D eigenvalue weighted by Gasteiger charge is 2.37. The van der Waals surface area contributed by atoms with Crippen molar-refractivity contribution >= 4 is 23.4 Å². The number of methoxy groups -OCH3 is 1. The zero-order chi connectivity index (χ0) is 21.1. The van der Waals surface area contributed by atoms with Crippen molar-refractivity contribution < 1.29 is 9.53 Å². The van der Waals surface area contributed by atoms with Crippen molar-refractivity contribution in [2.45, 2.75) is 43.1 Å². The summed E-state index contributed by atoms with van der Waals surface area (Å²) in [4.78, 5) is 13.3. The van der Waals surface area contributed by atoms with Crippen LogP contribution < -0.4 is 15.5 Å². The summed E-state index contributed by atoms with van der Waals surface area (Å²) in [6.07, 6.45) is 1.72. The van der Waals surface area contributed by atoms with Gasteiger partial charge in [0.25, 0.3) is 0 Å². The molecule has 0 saturated carbocycles. The van der Waals surface area contributed by atoms with Crippen LogP contribution in [0.1, 0.15) is 36.8 Å². The summed E-state index contributed by atoms with van der Waals surface area (Å²) < 4.78 is 7.28. The van der Waals surface area contributed by atoms with Crippen LogP contribution in [0.3, 0.4) is 0 Å². The highest BCUT2D eigenvalue weighted by Crippen LogP contribution is 2.38. The molecule has 0 saturated heterocycles. The lowest BCUT2D eigenvalue weighted by atomic mass is 10.0. The minimum absolute atomic E-state index is 0.117. The SMILES string of the molecule is CCc1ccc(C2Nn3c(CC)nnc3SC2C(=O)Nc2ccccc2OC)cc1. The first kappa shape index (κ1) is 20.3. The number of amides is 1. The van der Waals surface area contributed by atoms with Crippen LogP contribution in [0, 0.1) is 0 Å². The number of benzene rings is 2. The van der Waals surface area contributed by atoms with Gasteiger partial charge >= 0.3 is 0 Å². The molecule has 2 aromatic carbocycles. The number of nitrogens with zero attached hydrogens (tertiary/aromatic N) is 3. The molecule has 0 aliphatic carbocycles. The minimum atomic E-state index is -0.427. The van der Waals surface area contributed by atoms with Crippen molar-refractivity contribution in [3.05, 3.63) is 65.5 Å². The molecule has 4 rings (SSSR count). The minimum Gasteiger partial charge on any atom is -0.495 e. The molecule has 30 heavy (non-hydrogen) atoms. The largest absolute Gasteiger partial charge is 0.495 e. The van der Waals surface area contributed by atoms with Crippen molar-refractivity contribution in [2.75, 3.05) is 17.9 Å². The molecular weight excluding hydrogens is 398 g/mol. The second kappa shape index (κ2) is 8.79. The summed E-state index contributed by atoms with van der Waals surface area (Å²) in [5.41, 5.74) is 6.42. The first-order valence-corrected chi connectivity index (χ1v) is 10.9. The fraction of sp³-hybridized carbons (Fsp3) is 0.318. The maximum Gasteiger partial charge on any atom is 0.240 e. The fourth-order valence-corrected chi connectivity index (χ4v) is 4.59. The first-order valence-electron chi connectivity index (χ1n) is 10.0. The second-order valence-corrected chi connectivity index (χ2v) is 8.13. The van der Waals surface area contributed by atoms with Gasteiger partial charge in [-0.3, -0.25) is 4.79 Å². The number of anilines is 1. The molecule has 0 bridgehead atoms. The van der Waals surface area contributed by atoms with E-state index in [2.05, 4.69) is 52.1 Å². The zero-order valence-electron chi connectivity index (χ0n) is 17.3. The number of fused-ring (bicyclic) bond motifs is 1. The lowest BCUT2D eigenvalue weighted by Gasteiger charge is -2.33. The van der Waals surface area contributed by atoms with Crippen molar-refractivity contribution in [1.82, 2.24) is 14.9 Å². The highest BCUT2D eigenvalue weighted by molar-refractivity contribution is 8.00. The quantitative estimate of drug-likeness (QED) is 0.628. The molecule has 1 aliphatic heterocycles. The molecule has 1 amide bonds. The van der Waals surface area contributed by atoms with Crippen LogP contribution in [0.15, 0.2) is 53.7 Å². The van der Waals surface area contributed by atoms with Gasteiger partial charge in [0.05, 0.1) is 18.8 Å². The molecule has 1 aromatic heterocycles. The Labute approximate surface area is 180 Å². The van der Waals surface area contributed by atoms with Gasteiger partial charge < -0.3 is 15.5 Å². The van der Waals surface area contributed by atoms with Crippen LogP contribution in [0.2, 0.25) is 0 Å². The molecule has 2 heterocycles. The van der Waals surface area contributed by atoms with Gasteiger partial charge in [-0.25, -0.2) is 4.68 Å². The third-order valence-electron chi connectivity index (χ3n) is 5.19. The number of hydrogen-bond acceptors (Lipinski definition) is 6. The van der Waals surface area contributed by atoms with Crippen LogP contribution in [-0.4, -0.2) is 33.1 Å². The number of ether oxygens (including phenoxy) is 1. The van der Waals surface area contributed by atoms with Crippen molar-refractivity contribution in [2.24, 2.45) is 0 Å². The van der Waals surface area contributed by atoms with E-state index in [1.165, 1.54) is 17.3 Å². The Morgan fingerprint density at radius 1 is 1.13 bits per heavy atom. The molecule has 1 aliphatic rings. The Balaban J connectivity index is 1.67. The molecule has 3 aromatic rings. The molecule has 2 N–H and O–H groups in total. The van der Waals surface area contributed by atoms with Gasteiger partial charge in [-0.05, 0) is 29.7 Å². The third-order valence-corrected chi connectivity index (χ3v) is 6.41. The lowest BCUT2D eigenvalue weighted by molar-refractivity contribution is -0.116. The van der Waals surface area contributed by atoms with E-state index < -0.39 is 5.25 Å². The average molecular weight is 424 g/mol. The van der Waals surface area contributed by atoms with Crippen LogP contribution in [0.4, 0.5) is 5.69 Å². The van der Waals surface area contributed by atoms with E-state index in [9.17, 15) is 4.79 Å². The van der Waals surface area contributed by atoms with Crippen LogP contribution >= 0.6 is 11.8 Å². The normalized spacial score (nSPS) is 17.7. The topological polar surface area (TPSA) is 81.1 Å². The standard InChI is InChI=1S/C22H25N5O2S/c1-4-14-10-12-15(13-11-14)19-20(30-22-25-24-18(5-2)27(22)26-19)21(28)23-16-8-6-7-9-17(16)29-3/h6-13,19-20,26H,4-5H2,1-3H3,(H,23,28). The van der Waals surface area contributed by atoms with E-state index in [-0.39, 0.29) is 11.9 Å². The number of carbonyl (C=O) groups excluding carboxylic acids is 1. The summed E-state index contributed by atoms with van der Waals surface area (Å²) in [5.74, 6) is 1.35. The van der Waals surface area contributed by atoms with E-state index in [1.807, 2.05) is 35.9 Å². The number of para-hydroxylation sites is 2. The average Bonchev–Trinajstić information content (AvgIpc) is 3.20. The maximum atomic E-state index is 13.3. The molecule has 2 atom stereocenters. The van der Waals surface area contributed by atoms with Gasteiger partial charge in [0, 0.05) is 6.42 Å². The molecule has 7 nitrogen and oxygen atoms in total. The number of hydrogen-bond donors (Lipinski definition) is 2. The van der Waals surface area contributed by atoms with E-state index in [0.29, 0.717) is 16.6 Å². The van der Waals surface area contributed by atoms with E-state index in [0.717, 1.165) is 24.2 Å². The summed E-state index contributed by atoms with van der Waals surface area (Å²) in [7, 11) is 1.59. The molecule has 2 unspecified atom stereocenters. The second-order valence-electron chi connectivity index (χ2n) is 7.02. The maximum absolute atomic E-state index is 13.3. The Morgan fingerprint density at radius 3 is 2.60 bits per heavy atom. The summed E-state index contributed by atoms with van der Waals surface area (Å²) in [5, 5.41) is 11.8. The van der Waals surface area contributed by atoms with Crippen molar-refractivity contribution in [1.29, 1.82) is 0 Å². The van der Waals surface area contributed by atoms with Gasteiger partial charge in [-0.15, -0.1) is 10.2 Å². The molecular formula is C22H25N5O2S. The number of aryl methyl sites for hydroxylation is 2. The third kappa shape index (κ3) is 3.87. The first-order chi connectivity index (χ1) is 14.6. The van der Waals surface area contributed by atoms with E-state index >= 15 is 0 Å². The Kier molecular flexibility index (Phi) is 5.94. The Hall–Kier alpha value is -3.00. The molecule has 8 heteroatoms.